The van der Waals surface area contributed by atoms with Crippen LogP contribution in [0.25, 0.3) is 10.2 Å². The first kappa shape index (κ1) is 15.3. The third-order valence-electron chi connectivity index (χ3n) is 3.78. The number of fused-ring (bicyclic) bond motifs is 1. The summed E-state index contributed by atoms with van der Waals surface area (Å²) in [5.41, 5.74) is 3.84. The fourth-order valence-electron chi connectivity index (χ4n) is 2.38. The number of terminal acetylenes is 1. The largest absolute Gasteiger partial charge is 0.305 e. The number of carbonyl (C=O) groups is 1. The van der Waals surface area contributed by atoms with E-state index in [2.05, 4.69) is 42.0 Å². The molecule has 0 radical (unpaired) electrons. The number of amides is 1. The van der Waals surface area contributed by atoms with Crippen molar-refractivity contribution in [2.75, 3.05) is 0 Å². The lowest BCUT2D eigenvalue weighted by molar-refractivity contribution is 0.0989. The van der Waals surface area contributed by atoms with Gasteiger partial charge in [0.25, 0.3) is 5.91 Å². The van der Waals surface area contributed by atoms with Crippen molar-refractivity contribution >= 4 is 27.5 Å². The van der Waals surface area contributed by atoms with Gasteiger partial charge in [-0.1, -0.05) is 17.3 Å². The van der Waals surface area contributed by atoms with Gasteiger partial charge in [-0.05, 0) is 43.2 Å². The van der Waals surface area contributed by atoms with Gasteiger partial charge in [-0.3, -0.25) is 9.48 Å². The number of aryl methyl sites for hydroxylation is 3. The molecule has 1 aromatic carbocycles. The van der Waals surface area contributed by atoms with E-state index in [9.17, 15) is 4.79 Å². The summed E-state index contributed by atoms with van der Waals surface area (Å²) >= 11 is 1.47. The minimum atomic E-state index is -0.323. The molecule has 3 aromatic rings. The van der Waals surface area contributed by atoms with Gasteiger partial charge in [0, 0.05) is 13.2 Å². The third-order valence-corrected chi connectivity index (χ3v) is 4.83. The molecule has 0 atom stereocenters. The van der Waals surface area contributed by atoms with Gasteiger partial charge in [0.05, 0.1) is 16.8 Å². The highest BCUT2D eigenvalue weighted by Crippen LogP contribution is 2.22. The van der Waals surface area contributed by atoms with Crippen LogP contribution in [0.4, 0.5) is 0 Å². The standard InChI is InChI=1S/C17H16N4OS/c1-5-8-21-14-9-11(2)12(3)10-15(14)23-17(21)19-16(22)13-6-7-18-20(13)4/h1,6-7,9-10H,8H2,2-4H3. The summed E-state index contributed by atoms with van der Waals surface area (Å²) in [5.74, 6) is 2.31. The van der Waals surface area contributed by atoms with Crippen LogP contribution >= 0.6 is 11.3 Å². The molecule has 2 heterocycles. The van der Waals surface area contributed by atoms with E-state index in [1.807, 2.05) is 4.57 Å². The quantitative estimate of drug-likeness (QED) is 0.680. The smallest absolute Gasteiger partial charge is 0.297 e. The molecule has 0 fully saturated rings. The van der Waals surface area contributed by atoms with E-state index in [0.717, 1.165) is 10.2 Å². The van der Waals surface area contributed by atoms with Crippen LogP contribution < -0.4 is 4.80 Å². The van der Waals surface area contributed by atoms with Crippen LogP contribution in [0, 0.1) is 26.2 Å². The molecule has 5 nitrogen and oxygen atoms in total. The minimum Gasteiger partial charge on any atom is -0.305 e. The zero-order chi connectivity index (χ0) is 16.6. The molecule has 3 rings (SSSR count). The number of thiazole rings is 1. The molecule has 0 unspecified atom stereocenters. The summed E-state index contributed by atoms with van der Waals surface area (Å²) in [4.78, 5) is 17.2. The first-order valence-corrected chi connectivity index (χ1v) is 7.94. The summed E-state index contributed by atoms with van der Waals surface area (Å²) < 4.78 is 4.49. The minimum absolute atomic E-state index is 0.323. The van der Waals surface area contributed by atoms with Crippen LogP contribution in [0.5, 0.6) is 0 Å². The molecule has 1 amide bonds. The fourth-order valence-corrected chi connectivity index (χ4v) is 3.49. The molecule has 6 heteroatoms. The van der Waals surface area contributed by atoms with Crippen molar-refractivity contribution in [3.63, 3.8) is 0 Å². The summed E-state index contributed by atoms with van der Waals surface area (Å²) in [6.45, 7) is 4.50. The van der Waals surface area contributed by atoms with Crippen LogP contribution in [0.1, 0.15) is 21.6 Å². The number of hydrogen-bond acceptors (Lipinski definition) is 3. The number of nitrogens with zero attached hydrogens (tertiary/aromatic N) is 4. The summed E-state index contributed by atoms with van der Waals surface area (Å²) in [6.07, 6.45) is 7.07. The molecule has 0 spiro atoms. The average Bonchev–Trinajstić information content (AvgIpc) is 3.06. The Bertz CT molecular complexity index is 1010. The number of aromatic nitrogens is 3. The van der Waals surface area contributed by atoms with E-state index >= 15 is 0 Å². The molecular weight excluding hydrogens is 308 g/mol. The topological polar surface area (TPSA) is 52.2 Å². The van der Waals surface area contributed by atoms with Gasteiger partial charge in [-0.15, -0.1) is 6.42 Å². The second kappa shape index (κ2) is 5.86. The second-order valence-electron chi connectivity index (χ2n) is 5.34. The average molecular weight is 324 g/mol. The molecule has 23 heavy (non-hydrogen) atoms. The van der Waals surface area contributed by atoms with Crippen LogP contribution in [-0.2, 0) is 13.6 Å². The molecule has 0 aliphatic rings. The van der Waals surface area contributed by atoms with Crippen LogP contribution in [0.3, 0.4) is 0 Å². The highest BCUT2D eigenvalue weighted by atomic mass is 32.1. The molecular formula is C17H16N4OS. The predicted molar refractivity (Wildman–Crippen MR) is 91.2 cm³/mol. The first-order chi connectivity index (χ1) is 11.0. The fraction of sp³-hybridized carbons (Fsp3) is 0.235. The number of benzene rings is 1. The van der Waals surface area contributed by atoms with Gasteiger partial charge in [0.1, 0.15) is 5.69 Å². The Balaban J connectivity index is 2.22. The number of carbonyl (C=O) groups excluding carboxylic acids is 1. The highest BCUT2D eigenvalue weighted by Gasteiger charge is 2.12. The van der Waals surface area contributed by atoms with Gasteiger partial charge in [0.2, 0.25) is 0 Å². The third kappa shape index (κ3) is 2.71. The molecule has 0 aliphatic carbocycles. The van der Waals surface area contributed by atoms with Crippen LogP contribution in [0.2, 0.25) is 0 Å². The highest BCUT2D eigenvalue weighted by molar-refractivity contribution is 7.16. The zero-order valence-corrected chi connectivity index (χ0v) is 14.0. The van der Waals surface area contributed by atoms with Crippen molar-refractivity contribution in [2.24, 2.45) is 12.0 Å². The Morgan fingerprint density at radius 2 is 2.13 bits per heavy atom. The molecule has 0 bridgehead atoms. The Hall–Kier alpha value is -2.65. The maximum atomic E-state index is 12.4. The van der Waals surface area contributed by atoms with Crippen molar-refractivity contribution in [3.8, 4) is 12.3 Å². The normalized spacial score (nSPS) is 11.8. The van der Waals surface area contributed by atoms with Gasteiger partial charge in [0.15, 0.2) is 4.80 Å². The van der Waals surface area contributed by atoms with E-state index in [4.69, 9.17) is 6.42 Å². The lowest BCUT2D eigenvalue weighted by atomic mass is 10.1. The van der Waals surface area contributed by atoms with E-state index in [1.54, 1.807) is 19.3 Å². The Morgan fingerprint density at radius 3 is 2.78 bits per heavy atom. The van der Waals surface area contributed by atoms with Crippen molar-refractivity contribution in [1.82, 2.24) is 14.3 Å². The van der Waals surface area contributed by atoms with E-state index in [0.29, 0.717) is 17.0 Å². The van der Waals surface area contributed by atoms with Gasteiger partial charge < -0.3 is 4.57 Å². The monoisotopic (exact) mass is 324 g/mol. The maximum absolute atomic E-state index is 12.4. The maximum Gasteiger partial charge on any atom is 0.297 e. The van der Waals surface area contributed by atoms with Crippen molar-refractivity contribution in [3.05, 3.63) is 46.0 Å². The van der Waals surface area contributed by atoms with Gasteiger partial charge in [-0.25, -0.2) is 0 Å². The molecule has 0 aliphatic heterocycles. The number of rotatable bonds is 2. The van der Waals surface area contributed by atoms with Crippen molar-refractivity contribution < 1.29 is 4.79 Å². The van der Waals surface area contributed by atoms with Crippen LogP contribution in [0.15, 0.2) is 29.4 Å². The molecule has 0 saturated heterocycles. The summed E-state index contributed by atoms with van der Waals surface area (Å²) in [5, 5.41) is 4.00. The van der Waals surface area contributed by atoms with Crippen LogP contribution in [-0.4, -0.2) is 20.3 Å². The van der Waals surface area contributed by atoms with Crippen molar-refractivity contribution in [2.45, 2.75) is 20.4 Å². The van der Waals surface area contributed by atoms with E-state index in [-0.39, 0.29) is 5.91 Å². The molecule has 0 saturated carbocycles. The molecule has 2 aromatic heterocycles. The molecule has 116 valence electrons. The molecule has 0 N–H and O–H groups in total. The van der Waals surface area contributed by atoms with Gasteiger partial charge in [-0.2, -0.15) is 10.1 Å². The Kier molecular flexibility index (Phi) is 3.89. The summed E-state index contributed by atoms with van der Waals surface area (Å²) in [7, 11) is 1.72. The van der Waals surface area contributed by atoms with E-state index < -0.39 is 0 Å². The van der Waals surface area contributed by atoms with Crippen molar-refractivity contribution in [1.29, 1.82) is 0 Å². The summed E-state index contributed by atoms with van der Waals surface area (Å²) in [6, 6.07) is 5.85. The zero-order valence-electron chi connectivity index (χ0n) is 13.2. The lowest BCUT2D eigenvalue weighted by Gasteiger charge is -2.03. The Labute approximate surface area is 137 Å². The Morgan fingerprint density at radius 1 is 1.39 bits per heavy atom. The first-order valence-electron chi connectivity index (χ1n) is 7.12. The second-order valence-corrected chi connectivity index (χ2v) is 6.35. The van der Waals surface area contributed by atoms with Gasteiger partial charge >= 0.3 is 0 Å². The van der Waals surface area contributed by atoms with E-state index in [1.165, 1.54) is 27.1 Å². The SMILES string of the molecule is C#CCn1c(=NC(=O)c2ccnn2C)sc2cc(C)c(C)cc21. The lowest BCUT2D eigenvalue weighted by Crippen LogP contribution is -2.17. The predicted octanol–water partition coefficient (Wildman–Crippen LogP) is 2.43. The number of hydrogen-bond donors (Lipinski definition) is 0.